The Balaban J connectivity index is 1.91. The highest BCUT2D eigenvalue weighted by molar-refractivity contribution is 5.98. The first-order chi connectivity index (χ1) is 10.6. The maximum Gasteiger partial charge on any atom is 0.325 e. The molecular weight excluding hydrogens is 282 g/mol. The molecule has 7 nitrogen and oxygen atoms in total. The lowest BCUT2D eigenvalue weighted by molar-refractivity contribution is 0.0950. The summed E-state index contributed by atoms with van der Waals surface area (Å²) in [6.45, 7) is 4.61. The molecule has 3 N–H and O–H groups in total. The lowest BCUT2D eigenvalue weighted by atomic mass is 10.2. The topological polar surface area (TPSA) is 99.0 Å². The molecule has 0 fully saturated rings. The van der Waals surface area contributed by atoms with Gasteiger partial charge in [0.15, 0.2) is 5.58 Å². The van der Waals surface area contributed by atoms with Crippen LogP contribution < -0.4 is 11.1 Å². The van der Waals surface area contributed by atoms with Gasteiger partial charge in [-0.1, -0.05) is 26.0 Å². The number of amides is 1. The van der Waals surface area contributed by atoms with Crippen molar-refractivity contribution in [1.29, 1.82) is 0 Å². The molecule has 0 spiro atoms. The maximum atomic E-state index is 12.1. The van der Waals surface area contributed by atoms with Crippen LogP contribution in [-0.2, 0) is 0 Å². The number of carbonyl (C=O) groups excluding carboxylic acids is 1. The summed E-state index contributed by atoms with van der Waals surface area (Å²) in [6, 6.07) is 7.60. The van der Waals surface area contributed by atoms with Gasteiger partial charge in [-0.2, -0.15) is 14.8 Å². The normalized spacial score (nSPS) is 11.2. The Labute approximate surface area is 127 Å². The monoisotopic (exact) mass is 299 g/mol. The molecule has 0 unspecified atom stereocenters. The molecule has 3 aromatic rings. The molecular formula is C15H17N5O2. The van der Waals surface area contributed by atoms with E-state index >= 15 is 0 Å². The van der Waals surface area contributed by atoms with Crippen molar-refractivity contribution in [3.8, 4) is 6.01 Å². The standard InChI is InChI=1S/C15H17N5O2/c1-9(2)7-17-14(21)10-8-18-20(13(10)16)15-19-11-5-3-4-6-12(11)22-15/h3-6,8-9H,7,16H2,1-2H3,(H,17,21). The number of hydrogen-bond acceptors (Lipinski definition) is 5. The van der Waals surface area contributed by atoms with Gasteiger partial charge in [-0.05, 0) is 18.1 Å². The summed E-state index contributed by atoms with van der Waals surface area (Å²) in [6.07, 6.45) is 1.42. The summed E-state index contributed by atoms with van der Waals surface area (Å²) in [5.41, 5.74) is 7.66. The number of aromatic nitrogens is 3. The second-order valence-electron chi connectivity index (χ2n) is 5.42. The SMILES string of the molecule is CC(C)CNC(=O)c1cnn(-c2nc3ccccc3o2)c1N. The average molecular weight is 299 g/mol. The van der Waals surface area contributed by atoms with Crippen LogP contribution in [0.5, 0.6) is 0 Å². The van der Waals surface area contributed by atoms with E-state index in [9.17, 15) is 4.79 Å². The van der Waals surface area contributed by atoms with Crippen LogP contribution in [0.25, 0.3) is 17.1 Å². The Hall–Kier alpha value is -2.83. The molecule has 3 rings (SSSR count). The smallest absolute Gasteiger partial charge is 0.325 e. The van der Waals surface area contributed by atoms with E-state index in [0.29, 0.717) is 29.1 Å². The number of nitrogen functional groups attached to an aromatic ring is 1. The van der Waals surface area contributed by atoms with Gasteiger partial charge in [-0.25, -0.2) is 0 Å². The molecule has 2 aromatic heterocycles. The number of hydrogen-bond donors (Lipinski definition) is 2. The molecule has 0 atom stereocenters. The number of nitrogens with zero attached hydrogens (tertiary/aromatic N) is 3. The molecule has 2 heterocycles. The number of oxazole rings is 1. The van der Waals surface area contributed by atoms with Gasteiger partial charge in [0.25, 0.3) is 5.91 Å². The largest absolute Gasteiger partial charge is 0.422 e. The van der Waals surface area contributed by atoms with Crippen molar-refractivity contribution in [1.82, 2.24) is 20.1 Å². The summed E-state index contributed by atoms with van der Waals surface area (Å²) in [4.78, 5) is 16.4. The average Bonchev–Trinajstić information content (AvgIpc) is 3.07. The second kappa shape index (κ2) is 5.51. The first-order valence-corrected chi connectivity index (χ1v) is 7.04. The van der Waals surface area contributed by atoms with Gasteiger partial charge < -0.3 is 15.5 Å². The number of nitrogens with two attached hydrogens (primary N) is 1. The fourth-order valence-electron chi connectivity index (χ4n) is 2.03. The summed E-state index contributed by atoms with van der Waals surface area (Å²) >= 11 is 0. The lowest BCUT2D eigenvalue weighted by Gasteiger charge is -2.06. The number of nitrogens with one attached hydrogen (secondary N) is 1. The highest BCUT2D eigenvalue weighted by Gasteiger charge is 2.19. The number of carbonyl (C=O) groups is 1. The van der Waals surface area contributed by atoms with Gasteiger partial charge in [-0.15, -0.1) is 0 Å². The molecule has 22 heavy (non-hydrogen) atoms. The molecule has 114 valence electrons. The van der Waals surface area contributed by atoms with Crippen LogP contribution in [0.3, 0.4) is 0 Å². The number of rotatable bonds is 4. The zero-order chi connectivity index (χ0) is 15.7. The van der Waals surface area contributed by atoms with Crippen LogP contribution >= 0.6 is 0 Å². The predicted octanol–water partition coefficient (Wildman–Crippen LogP) is 1.98. The molecule has 0 aliphatic carbocycles. The number of benzene rings is 1. The zero-order valence-electron chi connectivity index (χ0n) is 12.4. The Bertz CT molecular complexity index is 785. The van der Waals surface area contributed by atoms with Crippen LogP contribution in [0, 0.1) is 5.92 Å². The van der Waals surface area contributed by atoms with Crippen molar-refractivity contribution >= 4 is 22.8 Å². The maximum absolute atomic E-state index is 12.1. The van der Waals surface area contributed by atoms with E-state index in [1.807, 2.05) is 38.1 Å². The summed E-state index contributed by atoms with van der Waals surface area (Å²) < 4.78 is 6.93. The zero-order valence-corrected chi connectivity index (χ0v) is 12.4. The number of fused-ring (bicyclic) bond motifs is 1. The minimum absolute atomic E-state index is 0.202. The Morgan fingerprint density at radius 3 is 2.91 bits per heavy atom. The van der Waals surface area contributed by atoms with Crippen molar-refractivity contribution in [3.05, 3.63) is 36.0 Å². The third-order valence-electron chi connectivity index (χ3n) is 3.19. The van der Waals surface area contributed by atoms with Gasteiger partial charge in [0.05, 0.1) is 6.20 Å². The van der Waals surface area contributed by atoms with E-state index in [0.717, 1.165) is 0 Å². The number of para-hydroxylation sites is 2. The van der Waals surface area contributed by atoms with Crippen LogP contribution in [0.4, 0.5) is 5.82 Å². The number of anilines is 1. The Kier molecular flexibility index (Phi) is 3.54. The highest BCUT2D eigenvalue weighted by atomic mass is 16.4. The van der Waals surface area contributed by atoms with E-state index < -0.39 is 0 Å². The molecule has 0 saturated heterocycles. The molecule has 0 bridgehead atoms. The molecule has 0 saturated carbocycles. The molecule has 7 heteroatoms. The van der Waals surface area contributed by atoms with Crippen LogP contribution in [0.1, 0.15) is 24.2 Å². The van der Waals surface area contributed by atoms with E-state index in [-0.39, 0.29) is 17.7 Å². The van der Waals surface area contributed by atoms with Gasteiger partial charge in [0, 0.05) is 6.54 Å². The van der Waals surface area contributed by atoms with Crippen molar-refractivity contribution in [2.24, 2.45) is 5.92 Å². The Morgan fingerprint density at radius 2 is 2.18 bits per heavy atom. The van der Waals surface area contributed by atoms with Gasteiger partial charge >= 0.3 is 6.01 Å². The summed E-state index contributed by atoms with van der Waals surface area (Å²) in [5, 5.41) is 6.91. The van der Waals surface area contributed by atoms with Crippen LogP contribution in [-0.4, -0.2) is 27.2 Å². The molecule has 0 aliphatic heterocycles. The molecule has 0 aliphatic rings. The minimum atomic E-state index is -0.256. The first kappa shape index (κ1) is 14.1. The summed E-state index contributed by atoms with van der Waals surface area (Å²) in [5.74, 6) is 0.304. The van der Waals surface area contributed by atoms with E-state index in [1.165, 1.54) is 10.9 Å². The van der Waals surface area contributed by atoms with E-state index in [4.69, 9.17) is 10.2 Å². The van der Waals surface area contributed by atoms with Gasteiger partial charge in [0.1, 0.15) is 16.9 Å². The predicted molar refractivity (Wildman–Crippen MR) is 82.7 cm³/mol. The van der Waals surface area contributed by atoms with Gasteiger partial charge in [0.2, 0.25) is 0 Å². The van der Waals surface area contributed by atoms with Crippen molar-refractivity contribution in [2.45, 2.75) is 13.8 Å². The molecule has 1 amide bonds. The van der Waals surface area contributed by atoms with Crippen LogP contribution in [0.15, 0.2) is 34.9 Å². The fraction of sp³-hybridized carbons (Fsp3) is 0.267. The van der Waals surface area contributed by atoms with E-state index in [1.54, 1.807) is 0 Å². The molecule has 1 aromatic carbocycles. The summed E-state index contributed by atoms with van der Waals surface area (Å²) in [7, 11) is 0. The minimum Gasteiger partial charge on any atom is -0.422 e. The Morgan fingerprint density at radius 1 is 1.41 bits per heavy atom. The quantitative estimate of drug-likeness (QED) is 0.767. The van der Waals surface area contributed by atoms with E-state index in [2.05, 4.69) is 15.4 Å². The lowest BCUT2D eigenvalue weighted by Crippen LogP contribution is -2.27. The highest BCUT2D eigenvalue weighted by Crippen LogP contribution is 2.21. The van der Waals surface area contributed by atoms with Crippen LogP contribution in [0.2, 0.25) is 0 Å². The van der Waals surface area contributed by atoms with Gasteiger partial charge in [-0.3, -0.25) is 4.79 Å². The third-order valence-corrected chi connectivity index (χ3v) is 3.19. The molecule has 0 radical (unpaired) electrons. The van der Waals surface area contributed by atoms with Crippen molar-refractivity contribution < 1.29 is 9.21 Å². The third kappa shape index (κ3) is 2.52. The van der Waals surface area contributed by atoms with Crippen molar-refractivity contribution in [2.75, 3.05) is 12.3 Å². The second-order valence-corrected chi connectivity index (χ2v) is 5.42. The first-order valence-electron chi connectivity index (χ1n) is 7.04. The fourth-order valence-corrected chi connectivity index (χ4v) is 2.03. The van der Waals surface area contributed by atoms with Crippen molar-refractivity contribution in [3.63, 3.8) is 0 Å².